The summed E-state index contributed by atoms with van der Waals surface area (Å²) >= 11 is 1.10. The smallest absolute Gasteiger partial charge is 0.269 e. The number of nitrogens with zero attached hydrogens (tertiary/aromatic N) is 6. The molecule has 0 aliphatic heterocycles. The number of rotatable bonds is 7. The number of hydrogen-bond acceptors (Lipinski definition) is 8. The first kappa shape index (κ1) is 20.6. The molecule has 3 aromatic heterocycles. The van der Waals surface area contributed by atoms with E-state index in [1.165, 1.54) is 0 Å². The van der Waals surface area contributed by atoms with E-state index >= 15 is 0 Å². The predicted molar refractivity (Wildman–Crippen MR) is 117 cm³/mol. The third kappa shape index (κ3) is 4.75. The van der Waals surface area contributed by atoms with Gasteiger partial charge in [0.05, 0.1) is 11.4 Å². The van der Waals surface area contributed by atoms with Gasteiger partial charge in [0.1, 0.15) is 10.6 Å². The molecule has 9 nitrogen and oxygen atoms in total. The minimum atomic E-state index is -0.210. The lowest BCUT2D eigenvalue weighted by Crippen LogP contribution is -2.12. The van der Waals surface area contributed by atoms with Crippen LogP contribution in [0.15, 0.2) is 42.5 Å². The van der Waals surface area contributed by atoms with Crippen LogP contribution in [0.5, 0.6) is 11.6 Å². The summed E-state index contributed by atoms with van der Waals surface area (Å²) in [5.74, 6) is 1.35. The molecule has 158 valence electrons. The maximum Gasteiger partial charge on any atom is 0.269 e. The zero-order chi connectivity index (χ0) is 21.8. The van der Waals surface area contributed by atoms with Crippen molar-refractivity contribution in [3.8, 4) is 17.4 Å². The minimum Gasteiger partial charge on any atom is -0.438 e. The highest BCUT2D eigenvalue weighted by atomic mass is 32.1. The molecule has 0 saturated carbocycles. The minimum absolute atomic E-state index is 0.210. The van der Waals surface area contributed by atoms with Gasteiger partial charge in [-0.1, -0.05) is 17.8 Å². The van der Waals surface area contributed by atoms with Crippen LogP contribution in [0.1, 0.15) is 40.1 Å². The van der Waals surface area contributed by atoms with Crippen molar-refractivity contribution in [3.63, 3.8) is 0 Å². The van der Waals surface area contributed by atoms with E-state index in [2.05, 4.69) is 30.2 Å². The second-order valence-electron chi connectivity index (χ2n) is 6.95. The van der Waals surface area contributed by atoms with Gasteiger partial charge in [-0.25, -0.2) is 4.68 Å². The fourth-order valence-corrected chi connectivity index (χ4v) is 3.64. The Morgan fingerprint density at radius 3 is 2.55 bits per heavy atom. The van der Waals surface area contributed by atoms with E-state index in [9.17, 15) is 4.79 Å². The van der Waals surface area contributed by atoms with Crippen molar-refractivity contribution in [2.75, 3.05) is 5.32 Å². The summed E-state index contributed by atoms with van der Waals surface area (Å²) in [4.78, 5) is 13.0. The van der Waals surface area contributed by atoms with Crippen molar-refractivity contribution in [1.29, 1.82) is 0 Å². The Bertz CT molecular complexity index is 1180. The Balaban J connectivity index is 1.40. The van der Waals surface area contributed by atoms with Crippen LogP contribution in [0.3, 0.4) is 0 Å². The number of amides is 1. The Morgan fingerprint density at radius 2 is 1.90 bits per heavy atom. The van der Waals surface area contributed by atoms with Crippen LogP contribution in [0.25, 0.3) is 5.82 Å². The number of hydrogen-bond donors (Lipinski definition) is 1. The van der Waals surface area contributed by atoms with Gasteiger partial charge in [-0.05, 0) is 68.2 Å². The van der Waals surface area contributed by atoms with Gasteiger partial charge in [0.25, 0.3) is 5.91 Å². The molecule has 1 amide bonds. The van der Waals surface area contributed by atoms with Crippen LogP contribution in [0, 0.1) is 13.8 Å². The van der Waals surface area contributed by atoms with E-state index in [0.29, 0.717) is 28.0 Å². The summed E-state index contributed by atoms with van der Waals surface area (Å²) in [7, 11) is 0. The first-order valence-corrected chi connectivity index (χ1v) is 10.6. The van der Waals surface area contributed by atoms with E-state index in [1.54, 1.807) is 41.1 Å². The molecule has 0 unspecified atom stereocenters. The molecule has 1 N–H and O–H groups in total. The molecule has 0 bridgehead atoms. The lowest BCUT2D eigenvalue weighted by Gasteiger charge is -2.08. The van der Waals surface area contributed by atoms with Crippen LogP contribution >= 0.6 is 11.5 Å². The highest BCUT2D eigenvalue weighted by molar-refractivity contribution is 7.08. The molecular formula is C21H21N7O2S. The van der Waals surface area contributed by atoms with Crippen LogP contribution in [0.4, 0.5) is 5.69 Å². The van der Waals surface area contributed by atoms with Gasteiger partial charge in [0.2, 0.25) is 5.88 Å². The van der Waals surface area contributed by atoms with Gasteiger partial charge in [0, 0.05) is 17.4 Å². The maximum absolute atomic E-state index is 12.5. The number of benzene rings is 1. The van der Waals surface area contributed by atoms with E-state index in [-0.39, 0.29) is 5.91 Å². The molecule has 4 rings (SSSR count). The van der Waals surface area contributed by atoms with Gasteiger partial charge in [-0.15, -0.1) is 15.3 Å². The van der Waals surface area contributed by atoms with Crippen molar-refractivity contribution in [2.24, 2.45) is 0 Å². The molecule has 0 fully saturated rings. The summed E-state index contributed by atoms with van der Waals surface area (Å²) in [5, 5.41) is 19.6. The van der Waals surface area contributed by atoms with Gasteiger partial charge in [-0.3, -0.25) is 4.79 Å². The number of carbonyl (C=O) groups excluding carboxylic acids is 1. The van der Waals surface area contributed by atoms with Gasteiger partial charge in [0.15, 0.2) is 5.82 Å². The van der Waals surface area contributed by atoms with Gasteiger partial charge < -0.3 is 10.1 Å². The van der Waals surface area contributed by atoms with Crippen LogP contribution in [0.2, 0.25) is 0 Å². The Kier molecular flexibility index (Phi) is 5.99. The summed E-state index contributed by atoms with van der Waals surface area (Å²) < 4.78 is 11.4. The molecule has 0 aliphatic carbocycles. The molecule has 0 saturated heterocycles. The highest BCUT2D eigenvalue weighted by Gasteiger charge is 2.16. The van der Waals surface area contributed by atoms with E-state index < -0.39 is 0 Å². The molecule has 31 heavy (non-hydrogen) atoms. The molecule has 1 aromatic carbocycles. The van der Waals surface area contributed by atoms with Gasteiger partial charge >= 0.3 is 0 Å². The van der Waals surface area contributed by atoms with Gasteiger partial charge in [-0.2, -0.15) is 5.10 Å². The lowest BCUT2D eigenvalue weighted by molar-refractivity contribution is 0.102. The third-order valence-electron chi connectivity index (χ3n) is 4.44. The normalized spacial score (nSPS) is 10.8. The van der Waals surface area contributed by atoms with Crippen LogP contribution in [-0.4, -0.2) is 35.5 Å². The second kappa shape index (κ2) is 9.00. The van der Waals surface area contributed by atoms with E-state index in [4.69, 9.17) is 4.74 Å². The Hall–Kier alpha value is -3.66. The Labute approximate surface area is 183 Å². The zero-order valence-electron chi connectivity index (χ0n) is 17.4. The first-order valence-electron chi connectivity index (χ1n) is 9.81. The highest BCUT2D eigenvalue weighted by Crippen LogP contribution is 2.23. The number of anilines is 1. The van der Waals surface area contributed by atoms with Crippen molar-refractivity contribution < 1.29 is 9.53 Å². The molecule has 4 aromatic rings. The fraction of sp³-hybridized carbons (Fsp3) is 0.238. The fourth-order valence-electron chi connectivity index (χ4n) is 3.04. The maximum atomic E-state index is 12.5. The zero-order valence-corrected chi connectivity index (χ0v) is 18.2. The number of aromatic nitrogens is 6. The summed E-state index contributed by atoms with van der Waals surface area (Å²) in [6.07, 6.45) is 1.63. The number of carbonyl (C=O) groups is 1. The number of ether oxygens (including phenoxy) is 1. The van der Waals surface area contributed by atoms with Crippen LogP contribution in [-0.2, 0) is 6.42 Å². The topological polar surface area (TPSA) is 108 Å². The van der Waals surface area contributed by atoms with Crippen molar-refractivity contribution in [2.45, 2.75) is 33.6 Å². The molecule has 10 heteroatoms. The largest absolute Gasteiger partial charge is 0.438 e. The number of aryl methyl sites for hydroxylation is 3. The first-order chi connectivity index (χ1) is 15.0. The predicted octanol–water partition coefficient (Wildman–Crippen LogP) is 4.13. The summed E-state index contributed by atoms with van der Waals surface area (Å²) in [6, 6.07) is 12.5. The standard InChI is InChI=1S/C21H21N7O2S/c1-4-5-17-20(31-27-23-17)21(29)22-15-6-8-16(9-7-15)30-19-11-10-18(24-25-19)28-14(3)12-13(2)26-28/h6-12H,4-5H2,1-3H3,(H,22,29). The van der Waals surface area contributed by atoms with E-state index in [0.717, 1.165) is 41.5 Å². The second-order valence-corrected chi connectivity index (χ2v) is 7.70. The molecular weight excluding hydrogens is 414 g/mol. The summed E-state index contributed by atoms with van der Waals surface area (Å²) in [5.41, 5.74) is 3.28. The van der Waals surface area contributed by atoms with Crippen LogP contribution < -0.4 is 10.1 Å². The Morgan fingerprint density at radius 1 is 1.10 bits per heavy atom. The average Bonchev–Trinajstić information content (AvgIpc) is 3.36. The lowest BCUT2D eigenvalue weighted by atomic mass is 10.2. The van der Waals surface area contributed by atoms with Crippen molar-refractivity contribution in [1.82, 2.24) is 29.6 Å². The molecule has 0 atom stereocenters. The molecule has 3 heterocycles. The molecule has 0 spiro atoms. The average molecular weight is 436 g/mol. The van der Waals surface area contributed by atoms with Crippen molar-refractivity contribution in [3.05, 3.63) is 64.4 Å². The third-order valence-corrected chi connectivity index (χ3v) is 5.20. The monoisotopic (exact) mass is 435 g/mol. The molecule has 0 aliphatic rings. The SMILES string of the molecule is CCCc1nnsc1C(=O)Nc1ccc(Oc2ccc(-n3nc(C)cc3C)nn2)cc1. The van der Waals surface area contributed by atoms with E-state index in [1.807, 2.05) is 26.8 Å². The summed E-state index contributed by atoms with van der Waals surface area (Å²) in [6.45, 7) is 5.93. The number of nitrogens with one attached hydrogen (secondary N) is 1. The quantitative estimate of drug-likeness (QED) is 0.465. The van der Waals surface area contributed by atoms with Crippen molar-refractivity contribution >= 4 is 23.1 Å². The molecule has 0 radical (unpaired) electrons.